The van der Waals surface area contributed by atoms with Crippen molar-refractivity contribution in [3.8, 4) is 11.4 Å². The van der Waals surface area contributed by atoms with Crippen LogP contribution in [0.1, 0.15) is 5.56 Å². The predicted molar refractivity (Wildman–Crippen MR) is 80.5 cm³/mol. The van der Waals surface area contributed by atoms with E-state index in [1.807, 2.05) is 18.5 Å². The minimum absolute atomic E-state index is 1.14. The maximum absolute atomic E-state index is 4.21. The van der Waals surface area contributed by atoms with Gasteiger partial charge >= 0.3 is 0 Å². The minimum atomic E-state index is 1.14. The SMILES string of the molecule is Cc1ccccc1-c1n(I)c2cnccc2[n+]1C. The van der Waals surface area contributed by atoms with Crippen molar-refractivity contribution in [2.24, 2.45) is 7.05 Å². The molecule has 0 saturated carbocycles. The fraction of sp³-hybridized carbons (Fsp3) is 0.143. The highest BCUT2D eigenvalue weighted by molar-refractivity contribution is 14.1. The molecule has 0 aliphatic rings. The van der Waals surface area contributed by atoms with Gasteiger partial charge in [0.1, 0.15) is 0 Å². The summed E-state index contributed by atoms with van der Waals surface area (Å²) in [5.41, 5.74) is 4.86. The van der Waals surface area contributed by atoms with Crippen LogP contribution in [0.2, 0.25) is 0 Å². The Morgan fingerprint density at radius 2 is 2.00 bits per heavy atom. The first-order valence-electron chi connectivity index (χ1n) is 5.77. The first kappa shape index (κ1) is 11.6. The molecule has 0 fully saturated rings. The molecule has 0 spiro atoms. The van der Waals surface area contributed by atoms with E-state index in [0.717, 1.165) is 5.52 Å². The second-order valence-electron chi connectivity index (χ2n) is 4.34. The van der Waals surface area contributed by atoms with Crippen LogP contribution in [-0.2, 0) is 7.05 Å². The van der Waals surface area contributed by atoms with E-state index in [-0.39, 0.29) is 0 Å². The number of halogens is 1. The predicted octanol–water partition coefficient (Wildman–Crippen LogP) is 3.03. The number of imidazole rings is 1. The van der Waals surface area contributed by atoms with Crippen LogP contribution in [0.3, 0.4) is 0 Å². The van der Waals surface area contributed by atoms with Crippen LogP contribution in [0, 0.1) is 6.92 Å². The van der Waals surface area contributed by atoms with Crippen molar-refractivity contribution in [3.63, 3.8) is 0 Å². The molecule has 0 N–H and O–H groups in total. The highest BCUT2D eigenvalue weighted by Gasteiger charge is 2.23. The standard InChI is InChI=1S/C14H13IN3/c1-10-5-3-4-6-11(10)14-17(2)12-7-8-16-9-13(12)18(14)15/h3-9H,1-2H3/q+1. The number of fused-ring (bicyclic) bond motifs is 1. The zero-order valence-electron chi connectivity index (χ0n) is 10.3. The Labute approximate surface area is 120 Å². The average molecular weight is 350 g/mol. The van der Waals surface area contributed by atoms with Crippen molar-refractivity contribution in [1.82, 2.24) is 7.76 Å². The third kappa shape index (κ3) is 1.63. The van der Waals surface area contributed by atoms with Gasteiger partial charge in [-0.25, -0.2) is 4.57 Å². The molecule has 1 aromatic carbocycles. The lowest BCUT2D eigenvalue weighted by atomic mass is 10.1. The number of pyridine rings is 1. The molecule has 3 nitrogen and oxygen atoms in total. The molecule has 4 heteroatoms. The maximum atomic E-state index is 4.21. The molecule has 0 unspecified atom stereocenters. The Balaban J connectivity index is 2.40. The summed E-state index contributed by atoms with van der Waals surface area (Å²) in [7, 11) is 2.10. The van der Waals surface area contributed by atoms with E-state index in [4.69, 9.17) is 0 Å². The van der Waals surface area contributed by atoms with E-state index in [1.54, 1.807) is 0 Å². The molecule has 0 saturated heterocycles. The van der Waals surface area contributed by atoms with Gasteiger partial charge in [-0.15, -0.1) is 0 Å². The quantitative estimate of drug-likeness (QED) is 0.488. The molecule has 0 amide bonds. The van der Waals surface area contributed by atoms with Gasteiger partial charge in [-0.2, -0.15) is 2.78 Å². The van der Waals surface area contributed by atoms with Crippen molar-refractivity contribution in [2.45, 2.75) is 6.92 Å². The van der Waals surface area contributed by atoms with Crippen molar-refractivity contribution in [2.75, 3.05) is 0 Å². The van der Waals surface area contributed by atoms with E-state index in [0.29, 0.717) is 0 Å². The minimum Gasteiger partial charge on any atom is -0.260 e. The third-order valence-corrected chi connectivity index (χ3v) is 4.22. The first-order chi connectivity index (χ1) is 8.70. The van der Waals surface area contributed by atoms with E-state index in [9.17, 15) is 0 Å². The summed E-state index contributed by atoms with van der Waals surface area (Å²) < 4.78 is 4.38. The maximum Gasteiger partial charge on any atom is 0.298 e. The lowest BCUT2D eigenvalue weighted by Crippen LogP contribution is -2.29. The van der Waals surface area contributed by atoms with Gasteiger partial charge in [-0.3, -0.25) is 4.98 Å². The van der Waals surface area contributed by atoms with Crippen molar-refractivity contribution < 1.29 is 4.57 Å². The zero-order valence-corrected chi connectivity index (χ0v) is 12.4. The summed E-state index contributed by atoms with van der Waals surface area (Å²) in [5.74, 6) is 1.19. The summed E-state index contributed by atoms with van der Waals surface area (Å²) >= 11 is 2.34. The molecule has 3 rings (SSSR count). The van der Waals surface area contributed by atoms with E-state index >= 15 is 0 Å². The summed E-state index contributed by atoms with van der Waals surface area (Å²) in [6.45, 7) is 2.14. The van der Waals surface area contributed by atoms with Gasteiger partial charge in [0.25, 0.3) is 5.82 Å². The average Bonchev–Trinajstić information content (AvgIpc) is 2.64. The van der Waals surface area contributed by atoms with Gasteiger partial charge in [0.15, 0.2) is 5.52 Å². The first-order valence-corrected chi connectivity index (χ1v) is 6.73. The van der Waals surface area contributed by atoms with Crippen LogP contribution in [-0.4, -0.2) is 7.76 Å². The Kier molecular flexibility index (Phi) is 2.81. The largest absolute Gasteiger partial charge is 0.298 e. The van der Waals surface area contributed by atoms with Gasteiger partial charge < -0.3 is 0 Å². The molecule has 0 atom stereocenters. The van der Waals surface area contributed by atoms with Crippen LogP contribution in [0.25, 0.3) is 22.4 Å². The van der Waals surface area contributed by atoms with Gasteiger partial charge in [-0.1, -0.05) is 18.2 Å². The number of aryl methyl sites for hydroxylation is 2. The topological polar surface area (TPSA) is 21.7 Å². The number of hydrogen-bond acceptors (Lipinski definition) is 1. The van der Waals surface area contributed by atoms with E-state index in [2.05, 4.69) is 73.4 Å². The molecule has 2 aromatic heterocycles. The summed E-state index contributed by atoms with van der Waals surface area (Å²) in [5, 5.41) is 0. The Morgan fingerprint density at radius 1 is 1.22 bits per heavy atom. The van der Waals surface area contributed by atoms with E-state index in [1.165, 1.54) is 22.5 Å². The van der Waals surface area contributed by atoms with Crippen LogP contribution in [0.5, 0.6) is 0 Å². The fourth-order valence-corrected chi connectivity index (χ4v) is 3.24. The number of nitrogens with zero attached hydrogens (tertiary/aromatic N) is 3. The molecule has 0 aliphatic carbocycles. The molecular formula is C14H13IN3+. The molecule has 18 heavy (non-hydrogen) atoms. The smallest absolute Gasteiger partial charge is 0.260 e. The molecule has 2 heterocycles. The van der Waals surface area contributed by atoms with Crippen LogP contribution in [0.15, 0.2) is 42.7 Å². The molecule has 0 bridgehead atoms. The highest BCUT2D eigenvalue weighted by atomic mass is 127. The van der Waals surface area contributed by atoms with Crippen LogP contribution in [0.4, 0.5) is 0 Å². The number of benzene rings is 1. The molecular weight excluding hydrogens is 337 g/mol. The third-order valence-electron chi connectivity index (χ3n) is 3.24. The monoisotopic (exact) mass is 350 g/mol. The van der Waals surface area contributed by atoms with Crippen LogP contribution >= 0.6 is 22.9 Å². The fourth-order valence-electron chi connectivity index (χ4n) is 2.28. The number of rotatable bonds is 1. The van der Waals surface area contributed by atoms with E-state index < -0.39 is 0 Å². The van der Waals surface area contributed by atoms with Crippen LogP contribution < -0.4 is 4.57 Å². The molecule has 0 radical (unpaired) electrons. The molecule has 3 aromatic rings. The molecule has 90 valence electrons. The van der Waals surface area contributed by atoms with Gasteiger partial charge in [0, 0.05) is 12.3 Å². The zero-order chi connectivity index (χ0) is 12.7. The van der Waals surface area contributed by atoms with Crippen molar-refractivity contribution >= 4 is 33.9 Å². The number of hydrogen-bond donors (Lipinski definition) is 0. The Bertz CT molecular complexity index is 692. The van der Waals surface area contributed by atoms with Crippen molar-refractivity contribution in [1.29, 1.82) is 0 Å². The second kappa shape index (κ2) is 4.35. The summed E-state index contributed by atoms with van der Waals surface area (Å²) in [4.78, 5) is 4.21. The normalized spacial score (nSPS) is 11.1. The summed E-state index contributed by atoms with van der Waals surface area (Å²) in [6, 6.07) is 10.5. The Morgan fingerprint density at radius 3 is 2.72 bits per heavy atom. The Hall–Kier alpha value is -1.43. The van der Waals surface area contributed by atoms with Gasteiger partial charge in [0.2, 0.25) is 28.4 Å². The lowest BCUT2D eigenvalue weighted by molar-refractivity contribution is -0.633. The second-order valence-corrected chi connectivity index (χ2v) is 5.31. The summed E-state index contributed by atoms with van der Waals surface area (Å²) in [6.07, 6.45) is 3.74. The molecule has 0 aliphatic heterocycles. The van der Waals surface area contributed by atoms with Gasteiger partial charge in [-0.05, 0) is 18.6 Å². The van der Waals surface area contributed by atoms with Crippen molar-refractivity contribution in [3.05, 3.63) is 48.3 Å². The lowest BCUT2D eigenvalue weighted by Gasteiger charge is -2.01. The number of aromatic nitrogens is 3. The van der Waals surface area contributed by atoms with Gasteiger partial charge in [0.05, 0.1) is 18.8 Å². The highest BCUT2D eigenvalue weighted by Crippen LogP contribution is 2.26.